The molecule has 10 nitrogen and oxygen atoms in total. The molecule has 1 aliphatic heterocycles. The van der Waals surface area contributed by atoms with Crippen LogP contribution in [0.1, 0.15) is 52.7 Å². The van der Waals surface area contributed by atoms with Crippen molar-refractivity contribution in [3.63, 3.8) is 0 Å². The van der Waals surface area contributed by atoms with Crippen molar-refractivity contribution < 1.29 is 27.9 Å². The molecule has 2 aromatic heterocycles. The molecule has 0 saturated heterocycles. The first-order valence-corrected chi connectivity index (χ1v) is 14.0. The smallest absolute Gasteiger partial charge is 0.412 e. The Labute approximate surface area is 255 Å². The van der Waals surface area contributed by atoms with Gasteiger partial charge in [-0.05, 0) is 67.8 Å². The van der Waals surface area contributed by atoms with Crippen LogP contribution in [-0.4, -0.2) is 32.9 Å². The van der Waals surface area contributed by atoms with Crippen LogP contribution in [0.15, 0.2) is 66.9 Å². The number of imidazole rings is 1. The molecular formula is C31H27ClF2N6O4. The summed E-state index contributed by atoms with van der Waals surface area (Å²) in [6.45, 7) is 1.49. The van der Waals surface area contributed by atoms with Gasteiger partial charge >= 0.3 is 6.09 Å². The van der Waals surface area contributed by atoms with Gasteiger partial charge in [-0.2, -0.15) is 0 Å². The molecule has 1 aliphatic rings. The van der Waals surface area contributed by atoms with Gasteiger partial charge in [-0.3, -0.25) is 19.9 Å². The molecule has 0 aliphatic carbocycles. The van der Waals surface area contributed by atoms with Crippen molar-refractivity contribution in [1.82, 2.24) is 20.3 Å². The zero-order valence-electron chi connectivity index (χ0n) is 23.4. The van der Waals surface area contributed by atoms with E-state index in [1.54, 1.807) is 48.7 Å². The van der Waals surface area contributed by atoms with Crippen LogP contribution in [0, 0.1) is 18.6 Å². The number of aromatic amines is 1. The lowest BCUT2D eigenvalue weighted by atomic mass is 10.1. The lowest BCUT2D eigenvalue weighted by Crippen LogP contribution is -2.30. The van der Waals surface area contributed by atoms with E-state index >= 15 is 0 Å². The Morgan fingerprint density at radius 1 is 1.11 bits per heavy atom. The van der Waals surface area contributed by atoms with E-state index in [0.717, 1.165) is 12.1 Å². The minimum Gasteiger partial charge on any atom is -0.443 e. The van der Waals surface area contributed by atoms with E-state index in [2.05, 4.69) is 30.9 Å². The Hall–Kier alpha value is -5.10. The molecular weight excluding hydrogens is 594 g/mol. The van der Waals surface area contributed by atoms with Gasteiger partial charge in [-0.25, -0.2) is 18.6 Å². The molecule has 44 heavy (non-hydrogen) atoms. The Balaban J connectivity index is 1.42. The monoisotopic (exact) mass is 620 g/mol. The van der Waals surface area contributed by atoms with Crippen LogP contribution in [0.4, 0.5) is 25.0 Å². The molecule has 5 rings (SSSR count). The number of hydrogen-bond acceptors (Lipinski definition) is 6. The first kappa shape index (κ1) is 30.4. The van der Waals surface area contributed by atoms with Gasteiger partial charge in [0, 0.05) is 23.9 Å². The molecule has 3 amide bonds. The van der Waals surface area contributed by atoms with Gasteiger partial charge in [-0.1, -0.05) is 29.8 Å². The van der Waals surface area contributed by atoms with Gasteiger partial charge in [0.1, 0.15) is 40.5 Å². The van der Waals surface area contributed by atoms with Crippen molar-refractivity contribution >= 4 is 40.9 Å². The van der Waals surface area contributed by atoms with E-state index in [-0.39, 0.29) is 42.0 Å². The third-order valence-corrected chi connectivity index (χ3v) is 6.95. The van der Waals surface area contributed by atoms with Gasteiger partial charge in [0.2, 0.25) is 5.91 Å². The number of aryl methyl sites for hydroxylation is 1. The standard InChI is InChI=1S/C31H27ClF2N6O4/c1-17-13-21(33)26(22(34)14-17)30(42)38-23-8-3-2-4-9-25(41)37-24-15-18(10-11-20(24)27-28(32)40-29(23)39-27)36-31(43)44-16-19-7-5-6-12-35-19/h2-3,5-7,10-15,23H,4,8-9,16H2,1H3,(H,36,43)(H,37,41)(H,38,42)(H,39,40)/b3-2-/t23-/m0/s1. The summed E-state index contributed by atoms with van der Waals surface area (Å²) < 4.78 is 34.3. The third kappa shape index (κ3) is 7.27. The highest BCUT2D eigenvalue weighted by molar-refractivity contribution is 6.32. The van der Waals surface area contributed by atoms with Crippen LogP contribution >= 0.6 is 11.6 Å². The number of rotatable bonds is 5. The fourth-order valence-corrected chi connectivity index (χ4v) is 4.83. The maximum Gasteiger partial charge on any atom is 0.412 e. The molecule has 13 heteroatoms. The number of nitrogens with zero attached hydrogens (tertiary/aromatic N) is 2. The number of pyridine rings is 1. The highest BCUT2D eigenvalue weighted by Gasteiger charge is 2.26. The molecule has 0 spiro atoms. The number of benzene rings is 2. The van der Waals surface area contributed by atoms with E-state index in [4.69, 9.17) is 16.3 Å². The van der Waals surface area contributed by atoms with E-state index in [1.807, 2.05) is 0 Å². The first-order chi connectivity index (χ1) is 21.2. The summed E-state index contributed by atoms with van der Waals surface area (Å²) in [5, 5.41) is 8.20. The molecule has 2 aromatic carbocycles. The second-order valence-corrected chi connectivity index (χ2v) is 10.4. The molecule has 226 valence electrons. The largest absolute Gasteiger partial charge is 0.443 e. The van der Waals surface area contributed by atoms with E-state index in [9.17, 15) is 23.2 Å². The molecule has 1 atom stereocenters. The lowest BCUT2D eigenvalue weighted by Gasteiger charge is -2.16. The molecule has 4 N–H and O–H groups in total. The fraction of sp³-hybridized carbons (Fsp3) is 0.194. The fourth-order valence-electron chi connectivity index (χ4n) is 4.58. The summed E-state index contributed by atoms with van der Waals surface area (Å²) in [7, 11) is 0. The molecule has 3 heterocycles. The highest BCUT2D eigenvalue weighted by Crippen LogP contribution is 2.36. The molecule has 4 aromatic rings. The Kier molecular flexibility index (Phi) is 9.29. The summed E-state index contributed by atoms with van der Waals surface area (Å²) >= 11 is 6.55. The van der Waals surface area contributed by atoms with Gasteiger partial charge in [0.15, 0.2) is 0 Å². The summed E-state index contributed by atoms with van der Waals surface area (Å²) in [6, 6.07) is 11.3. The number of fused-ring (bicyclic) bond motifs is 4. The predicted octanol–water partition coefficient (Wildman–Crippen LogP) is 6.61. The zero-order chi connectivity index (χ0) is 31.2. The van der Waals surface area contributed by atoms with Crippen molar-refractivity contribution in [2.45, 2.75) is 38.8 Å². The number of aromatic nitrogens is 3. The van der Waals surface area contributed by atoms with Gasteiger partial charge < -0.3 is 20.4 Å². The van der Waals surface area contributed by atoms with Crippen LogP contribution in [0.5, 0.6) is 0 Å². The number of carbonyl (C=O) groups excluding carboxylic acids is 3. The summed E-state index contributed by atoms with van der Waals surface area (Å²) in [5.74, 6) is -3.00. The number of ether oxygens (including phenoxy) is 1. The number of allylic oxidation sites excluding steroid dienone is 1. The Morgan fingerprint density at radius 2 is 1.91 bits per heavy atom. The number of H-pyrrole nitrogens is 1. The quantitative estimate of drug-likeness (QED) is 0.185. The molecule has 0 saturated carbocycles. The van der Waals surface area contributed by atoms with E-state index in [1.165, 1.54) is 13.0 Å². The van der Waals surface area contributed by atoms with Crippen LogP contribution in [0.2, 0.25) is 5.15 Å². The van der Waals surface area contributed by atoms with E-state index in [0.29, 0.717) is 34.6 Å². The van der Waals surface area contributed by atoms with Gasteiger partial charge in [0.25, 0.3) is 5.91 Å². The Bertz CT molecular complexity index is 1720. The zero-order valence-corrected chi connectivity index (χ0v) is 24.2. The van der Waals surface area contributed by atoms with Crippen molar-refractivity contribution in [1.29, 1.82) is 0 Å². The van der Waals surface area contributed by atoms with Crippen molar-refractivity contribution in [2.24, 2.45) is 0 Å². The second kappa shape index (κ2) is 13.5. The third-order valence-electron chi connectivity index (χ3n) is 6.68. The Morgan fingerprint density at radius 3 is 2.66 bits per heavy atom. The number of hydrogen-bond donors (Lipinski definition) is 4. The predicted molar refractivity (Wildman–Crippen MR) is 160 cm³/mol. The van der Waals surface area contributed by atoms with Crippen molar-refractivity contribution in [3.05, 3.63) is 106 Å². The second-order valence-electron chi connectivity index (χ2n) is 9.99. The summed E-state index contributed by atoms with van der Waals surface area (Å²) in [6.07, 6.45) is 5.07. The van der Waals surface area contributed by atoms with Crippen LogP contribution < -0.4 is 16.0 Å². The molecule has 0 unspecified atom stereocenters. The normalized spacial score (nSPS) is 15.5. The van der Waals surface area contributed by atoms with Gasteiger partial charge in [-0.15, -0.1) is 0 Å². The number of nitrogens with one attached hydrogen (secondary N) is 4. The average molecular weight is 621 g/mol. The van der Waals surface area contributed by atoms with Crippen molar-refractivity contribution in [2.75, 3.05) is 10.6 Å². The summed E-state index contributed by atoms with van der Waals surface area (Å²) in [4.78, 5) is 49.8. The maximum absolute atomic E-state index is 14.5. The van der Waals surface area contributed by atoms with Crippen LogP contribution in [0.3, 0.4) is 0 Å². The minimum atomic E-state index is -0.984. The molecule has 2 bridgehead atoms. The molecule has 0 radical (unpaired) electrons. The SMILES string of the molecule is Cc1cc(F)c(C(=O)N[C@H]2C/C=C\CCC(=O)Nc3cc(NC(=O)OCc4ccccn4)ccc3-c3nc2[nH]c3Cl)c(F)c1. The number of anilines is 2. The van der Waals surface area contributed by atoms with Crippen molar-refractivity contribution in [3.8, 4) is 11.3 Å². The van der Waals surface area contributed by atoms with Gasteiger partial charge in [0.05, 0.1) is 17.4 Å². The maximum atomic E-state index is 14.5. The highest BCUT2D eigenvalue weighted by atomic mass is 35.5. The average Bonchev–Trinajstić information content (AvgIpc) is 3.36. The minimum absolute atomic E-state index is 0.0333. The van der Waals surface area contributed by atoms with E-state index < -0.39 is 35.2 Å². The van der Waals surface area contributed by atoms with Crippen LogP contribution in [0.25, 0.3) is 11.3 Å². The lowest BCUT2D eigenvalue weighted by molar-refractivity contribution is -0.116. The number of halogens is 3. The number of carbonyl (C=O) groups is 3. The topological polar surface area (TPSA) is 138 Å². The molecule has 0 fully saturated rings. The first-order valence-electron chi connectivity index (χ1n) is 13.6. The summed E-state index contributed by atoms with van der Waals surface area (Å²) in [5.41, 5.74) is 1.51. The number of amides is 3. The van der Waals surface area contributed by atoms with Crippen LogP contribution in [-0.2, 0) is 16.1 Å².